The molecule has 0 aromatic heterocycles. The quantitative estimate of drug-likeness (QED) is 0.591. The fourth-order valence-corrected chi connectivity index (χ4v) is 2.98. The zero-order chi connectivity index (χ0) is 18.8. The zero-order valence-corrected chi connectivity index (χ0v) is 16.7. The average molecular weight is 377 g/mol. The molecule has 0 unspecified atom stereocenters. The third kappa shape index (κ3) is 5.90. The zero-order valence-electron chi connectivity index (χ0n) is 15.9. The predicted octanol–water partition coefficient (Wildman–Crippen LogP) is 4.36. The number of benzene rings is 2. The fraction of sp³-hybridized carbons (Fsp3) is 0.429. The molecule has 0 aliphatic heterocycles. The van der Waals surface area contributed by atoms with E-state index in [9.17, 15) is 0 Å². The molecule has 0 amide bonds. The van der Waals surface area contributed by atoms with Crippen molar-refractivity contribution in [1.29, 1.82) is 0 Å². The highest BCUT2D eigenvalue weighted by atomic mass is 35.5. The minimum Gasteiger partial charge on any atom is -0.493 e. The van der Waals surface area contributed by atoms with Gasteiger partial charge in [0.2, 0.25) is 0 Å². The van der Waals surface area contributed by atoms with Gasteiger partial charge in [-0.15, -0.1) is 0 Å². The molecule has 2 aromatic carbocycles. The van der Waals surface area contributed by atoms with Crippen molar-refractivity contribution in [2.75, 3.05) is 33.3 Å². The molecule has 0 radical (unpaired) electrons. The number of ether oxygens (including phenoxy) is 2. The Morgan fingerprint density at radius 3 is 2.42 bits per heavy atom. The molecule has 26 heavy (non-hydrogen) atoms. The molecule has 5 heteroatoms. The summed E-state index contributed by atoms with van der Waals surface area (Å²) in [6, 6.07) is 13.7. The standard InChI is InChI=1S/C21H29ClN2O2/c1-4-24(5-2)14-13-23-15-17-10-8-12-20(25-3)21(17)26-16-18-9-6-7-11-19(18)22/h6-12,23H,4-5,13-16H2,1-3H3. The van der Waals surface area contributed by atoms with Crippen LogP contribution in [0.4, 0.5) is 0 Å². The number of halogens is 1. The summed E-state index contributed by atoms with van der Waals surface area (Å²) in [6.45, 7) is 9.63. The minimum atomic E-state index is 0.409. The lowest BCUT2D eigenvalue weighted by molar-refractivity contribution is 0.279. The number of hydrogen-bond acceptors (Lipinski definition) is 4. The van der Waals surface area contributed by atoms with Crippen LogP contribution >= 0.6 is 11.6 Å². The van der Waals surface area contributed by atoms with Gasteiger partial charge < -0.3 is 19.7 Å². The first-order valence-corrected chi connectivity index (χ1v) is 9.52. The molecule has 2 rings (SSSR count). The summed E-state index contributed by atoms with van der Waals surface area (Å²) < 4.78 is 11.6. The van der Waals surface area contributed by atoms with E-state index in [0.29, 0.717) is 11.6 Å². The highest BCUT2D eigenvalue weighted by Gasteiger charge is 2.12. The van der Waals surface area contributed by atoms with Gasteiger partial charge in [0.15, 0.2) is 11.5 Å². The number of likely N-dealkylation sites (N-methyl/N-ethyl adjacent to an activating group) is 1. The van der Waals surface area contributed by atoms with E-state index in [0.717, 1.165) is 55.3 Å². The molecule has 0 aliphatic rings. The van der Waals surface area contributed by atoms with Crippen LogP contribution in [0.5, 0.6) is 11.5 Å². The van der Waals surface area contributed by atoms with Crippen molar-refractivity contribution in [3.63, 3.8) is 0 Å². The first-order chi connectivity index (χ1) is 12.7. The Morgan fingerprint density at radius 2 is 1.73 bits per heavy atom. The van der Waals surface area contributed by atoms with E-state index in [1.165, 1.54) is 0 Å². The van der Waals surface area contributed by atoms with E-state index in [2.05, 4.69) is 30.1 Å². The van der Waals surface area contributed by atoms with Crippen molar-refractivity contribution >= 4 is 11.6 Å². The van der Waals surface area contributed by atoms with Crippen LogP contribution in [0.25, 0.3) is 0 Å². The maximum absolute atomic E-state index is 6.24. The van der Waals surface area contributed by atoms with Crippen LogP contribution in [0.15, 0.2) is 42.5 Å². The van der Waals surface area contributed by atoms with Gasteiger partial charge in [-0.25, -0.2) is 0 Å². The first kappa shape index (κ1) is 20.6. The molecule has 0 spiro atoms. The highest BCUT2D eigenvalue weighted by Crippen LogP contribution is 2.32. The van der Waals surface area contributed by atoms with E-state index in [1.54, 1.807) is 7.11 Å². The van der Waals surface area contributed by atoms with E-state index in [4.69, 9.17) is 21.1 Å². The van der Waals surface area contributed by atoms with Crippen LogP contribution in [0.3, 0.4) is 0 Å². The number of rotatable bonds is 11. The van der Waals surface area contributed by atoms with Crippen LogP contribution in [0, 0.1) is 0 Å². The normalized spacial score (nSPS) is 11.0. The minimum absolute atomic E-state index is 0.409. The third-order valence-electron chi connectivity index (χ3n) is 4.42. The van der Waals surface area contributed by atoms with Crippen molar-refractivity contribution in [3.8, 4) is 11.5 Å². The van der Waals surface area contributed by atoms with Gasteiger partial charge in [0, 0.05) is 35.8 Å². The molecular weight excluding hydrogens is 348 g/mol. The summed E-state index contributed by atoms with van der Waals surface area (Å²) in [5.41, 5.74) is 2.04. The van der Waals surface area contributed by atoms with Crippen LogP contribution < -0.4 is 14.8 Å². The molecule has 1 N–H and O–H groups in total. The van der Waals surface area contributed by atoms with Gasteiger partial charge in [0.05, 0.1) is 7.11 Å². The molecule has 2 aromatic rings. The monoisotopic (exact) mass is 376 g/mol. The largest absolute Gasteiger partial charge is 0.493 e. The summed E-state index contributed by atoms with van der Waals surface area (Å²) >= 11 is 6.24. The second-order valence-electron chi connectivity index (χ2n) is 6.03. The van der Waals surface area contributed by atoms with Gasteiger partial charge in [-0.3, -0.25) is 0 Å². The number of hydrogen-bond donors (Lipinski definition) is 1. The maximum atomic E-state index is 6.24. The van der Waals surface area contributed by atoms with Gasteiger partial charge in [0.1, 0.15) is 6.61 Å². The van der Waals surface area contributed by atoms with Gasteiger partial charge in [-0.2, -0.15) is 0 Å². The molecule has 142 valence electrons. The SMILES string of the molecule is CCN(CC)CCNCc1cccc(OC)c1OCc1ccccc1Cl. The molecule has 0 saturated carbocycles. The van der Waals surface area contributed by atoms with Crippen molar-refractivity contribution < 1.29 is 9.47 Å². The van der Waals surface area contributed by atoms with Crippen molar-refractivity contribution in [2.24, 2.45) is 0 Å². The number of nitrogens with zero attached hydrogens (tertiary/aromatic N) is 1. The Kier molecular flexibility index (Phi) is 8.75. The van der Waals surface area contributed by atoms with Gasteiger partial charge in [0.25, 0.3) is 0 Å². The lowest BCUT2D eigenvalue weighted by Crippen LogP contribution is -2.31. The summed E-state index contributed by atoms with van der Waals surface area (Å²) in [5, 5.41) is 4.21. The van der Waals surface area contributed by atoms with Gasteiger partial charge >= 0.3 is 0 Å². The van der Waals surface area contributed by atoms with Gasteiger partial charge in [-0.05, 0) is 25.2 Å². The summed E-state index contributed by atoms with van der Waals surface area (Å²) in [4.78, 5) is 2.40. The molecule has 0 saturated heterocycles. The molecule has 0 bridgehead atoms. The Bertz CT molecular complexity index is 675. The Morgan fingerprint density at radius 1 is 1.00 bits per heavy atom. The van der Waals surface area contributed by atoms with E-state index >= 15 is 0 Å². The fourth-order valence-electron chi connectivity index (χ4n) is 2.79. The smallest absolute Gasteiger partial charge is 0.166 e. The van der Waals surface area contributed by atoms with Crippen molar-refractivity contribution in [1.82, 2.24) is 10.2 Å². The second kappa shape index (κ2) is 11.1. The molecule has 4 nitrogen and oxygen atoms in total. The summed E-state index contributed by atoms with van der Waals surface area (Å²) in [7, 11) is 1.66. The second-order valence-corrected chi connectivity index (χ2v) is 6.44. The lowest BCUT2D eigenvalue weighted by Gasteiger charge is -2.19. The Labute approximate surface area is 162 Å². The maximum Gasteiger partial charge on any atom is 0.166 e. The number of para-hydroxylation sites is 1. The predicted molar refractivity (Wildman–Crippen MR) is 108 cm³/mol. The summed E-state index contributed by atoms with van der Waals surface area (Å²) in [5.74, 6) is 1.50. The van der Waals surface area contributed by atoms with Crippen molar-refractivity contribution in [3.05, 3.63) is 58.6 Å². The van der Waals surface area contributed by atoms with E-state index in [-0.39, 0.29) is 0 Å². The van der Waals surface area contributed by atoms with Crippen LogP contribution in [0.2, 0.25) is 5.02 Å². The van der Waals surface area contributed by atoms with Crippen molar-refractivity contribution in [2.45, 2.75) is 27.0 Å². The van der Waals surface area contributed by atoms with Gasteiger partial charge in [-0.1, -0.05) is 55.8 Å². The van der Waals surface area contributed by atoms with E-state index < -0.39 is 0 Å². The number of nitrogens with one attached hydrogen (secondary N) is 1. The first-order valence-electron chi connectivity index (χ1n) is 9.14. The van der Waals surface area contributed by atoms with E-state index in [1.807, 2.05) is 36.4 Å². The topological polar surface area (TPSA) is 33.7 Å². The molecular formula is C21H29ClN2O2. The van der Waals surface area contributed by atoms with Crippen LogP contribution in [0.1, 0.15) is 25.0 Å². The Balaban J connectivity index is 2.01. The average Bonchev–Trinajstić information content (AvgIpc) is 2.67. The Hall–Kier alpha value is -1.75. The molecule has 0 atom stereocenters. The lowest BCUT2D eigenvalue weighted by atomic mass is 10.1. The molecule has 0 aliphatic carbocycles. The molecule has 0 fully saturated rings. The molecule has 0 heterocycles. The van der Waals surface area contributed by atoms with Crippen LogP contribution in [-0.4, -0.2) is 38.2 Å². The number of methoxy groups -OCH3 is 1. The third-order valence-corrected chi connectivity index (χ3v) is 4.79. The van der Waals surface area contributed by atoms with Crippen LogP contribution in [-0.2, 0) is 13.2 Å². The highest BCUT2D eigenvalue weighted by molar-refractivity contribution is 6.31. The summed E-state index contributed by atoms with van der Waals surface area (Å²) in [6.07, 6.45) is 0.